The minimum Gasteiger partial charge on any atom is -0.468 e. The Kier molecular flexibility index (Phi) is 6.03. The molecule has 2 aromatic carbocycles. The maximum Gasteiger partial charge on any atom is 0.325 e. The van der Waals surface area contributed by atoms with Crippen LogP contribution in [0.3, 0.4) is 0 Å². The number of ether oxygens (including phenoxy) is 2. The molecule has 27 heavy (non-hydrogen) atoms. The lowest BCUT2D eigenvalue weighted by Gasteiger charge is -2.24. The summed E-state index contributed by atoms with van der Waals surface area (Å²) in [4.78, 5) is 31.0. The number of carbonyl (C=O) groups is 2. The Bertz CT molecular complexity index is 883. The summed E-state index contributed by atoms with van der Waals surface area (Å²) >= 11 is 3.48. The lowest BCUT2D eigenvalue weighted by molar-refractivity contribution is -0.141. The normalized spacial score (nSPS) is 16.4. The first-order valence-electron chi connectivity index (χ1n) is 8.48. The lowest BCUT2D eigenvalue weighted by Crippen LogP contribution is -2.42. The highest BCUT2D eigenvalue weighted by Gasteiger charge is 2.33. The van der Waals surface area contributed by atoms with Gasteiger partial charge in [-0.3, -0.25) is 14.5 Å². The molecule has 0 N–H and O–H groups in total. The molecule has 0 spiro atoms. The molecule has 2 aromatic rings. The molecule has 1 atom stereocenters. The molecule has 1 unspecified atom stereocenters. The molecule has 7 heteroatoms. The van der Waals surface area contributed by atoms with E-state index < -0.39 is 18.1 Å². The molecular formula is C20H19BrN2O4. The Hall–Kier alpha value is -2.51. The minimum absolute atomic E-state index is 0.217. The number of methoxy groups -OCH3 is 1. The molecule has 1 aliphatic heterocycles. The number of aliphatic imine (C=N–C) groups is 1. The lowest BCUT2D eigenvalue weighted by atomic mass is 10.0. The highest BCUT2D eigenvalue weighted by molar-refractivity contribution is 9.10. The van der Waals surface area contributed by atoms with Gasteiger partial charge < -0.3 is 9.47 Å². The molecule has 1 aliphatic rings. The second kappa shape index (κ2) is 8.45. The predicted molar refractivity (Wildman–Crippen MR) is 106 cm³/mol. The van der Waals surface area contributed by atoms with Crippen LogP contribution in [0.15, 0.2) is 58.0 Å². The van der Waals surface area contributed by atoms with Gasteiger partial charge in [-0.1, -0.05) is 46.3 Å². The van der Waals surface area contributed by atoms with Crippen molar-refractivity contribution in [2.45, 2.75) is 13.2 Å². The van der Waals surface area contributed by atoms with E-state index in [0.717, 1.165) is 15.6 Å². The number of rotatable bonds is 5. The third kappa shape index (κ3) is 4.09. The number of benzodiazepines with no additional fused rings is 1. The molecule has 0 saturated heterocycles. The van der Waals surface area contributed by atoms with Crippen LogP contribution in [0.2, 0.25) is 0 Å². The van der Waals surface area contributed by atoms with Crippen molar-refractivity contribution in [3.63, 3.8) is 0 Å². The van der Waals surface area contributed by atoms with Crippen LogP contribution in [0.25, 0.3) is 0 Å². The molecule has 0 bridgehead atoms. The van der Waals surface area contributed by atoms with Gasteiger partial charge >= 0.3 is 5.97 Å². The summed E-state index contributed by atoms with van der Waals surface area (Å²) in [7, 11) is 1.29. The molecule has 0 aliphatic carbocycles. The fourth-order valence-corrected chi connectivity index (χ4v) is 3.24. The first-order chi connectivity index (χ1) is 13.0. The zero-order valence-corrected chi connectivity index (χ0v) is 16.6. The second-order valence-electron chi connectivity index (χ2n) is 5.81. The SMILES string of the molecule is CCOC1N=C(c2ccccc2)c2cc(Br)ccc2N(CC(=O)OC)C1=O. The number of esters is 1. The van der Waals surface area contributed by atoms with Crippen LogP contribution in [0.5, 0.6) is 0 Å². The van der Waals surface area contributed by atoms with E-state index in [-0.39, 0.29) is 6.54 Å². The van der Waals surface area contributed by atoms with Gasteiger partial charge in [-0.05, 0) is 25.1 Å². The summed E-state index contributed by atoms with van der Waals surface area (Å²) in [5, 5.41) is 0. The van der Waals surface area contributed by atoms with Gasteiger partial charge in [0, 0.05) is 22.2 Å². The average molecular weight is 431 g/mol. The summed E-state index contributed by atoms with van der Waals surface area (Å²) in [6.45, 7) is 1.89. The second-order valence-corrected chi connectivity index (χ2v) is 6.73. The Morgan fingerprint density at radius 1 is 1.22 bits per heavy atom. The molecule has 1 heterocycles. The molecular weight excluding hydrogens is 412 g/mol. The van der Waals surface area contributed by atoms with E-state index >= 15 is 0 Å². The predicted octanol–water partition coefficient (Wildman–Crippen LogP) is 3.17. The fraction of sp³-hybridized carbons (Fsp3) is 0.250. The molecule has 1 amide bonds. The monoisotopic (exact) mass is 430 g/mol. The number of nitrogens with zero attached hydrogens (tertiary/aromatic N) is 2. The van der Waals surface area contributed by atoms with Crippen LogP contribution < -0.4 is 4.90 Å². The number of fused-ring (bicyclic) bond motifs is 1. The van der Waals surface area contributed by atoms with Crippen LogP contribution >= 0.6 is 15.9 Å². The highest BCUT2D eigenvalue weighted by Crippen LogP contribution is 2.31. The van der Waals surface area contributed by atoms with Gasteiger partial charge in [0.1, 0.15) is 6.54 Å². The maximum absolute atomic E-state index is 13.1. The van der Waals surface area contributed by atoms with Gasteiger partial charge in [-0.15, -0.1) is 0 Å². The molecule has 140 valence electrons. The molecule has 3 rings (SSSR count). The van der Waals surface area contributed by atoms with Crippen molar-refractivity contribution in [3.05, 3.63) is 64.1 Å². The van der Waals surface area contributed by atoms with Gasteiger partial charge in [-0.2, -0.15) is 0 Å². The number of anilines is 1. The summed E-state index contributed by atoms with van der Waals surface area (Å²) < 4.78 is 11.2. The van der Waals surface area contributed by atoms with E-state index in [9.17, 15) is 9.59 Å². The van der Waals surface area contributed by atoms with Crippen molar-refractivity contribution in [1.29, 1.82) is 0 Å². The molecule has 0 radical (unpaired) electrons. The van der Waals surface area contributed by atoms with Crippen molar-refractivity contribution in [3.8, 4) is 0 Å². The van der Waals surface area contributed by atoms with E-state index in [1.54, 1.807) is 13.0 Å². The van der Waals surface area contributed by atoms with E-state index in [1.807, 2.05) is 42.5 Å². The largest absolute Gasteiger partial charge is 0.468 e. The van der Waals surface area contributed by atoms with E-state index in [1.165, 1.54) is 12.0 Å². The van der Waals surface area contributed by atoms with Gasteiger partial charge in [-0.25, -0.2) is 4.99 Å². The Labute approximate surface area is 165 Å². The Morgan fingerprint density at radius 2 is 1.96 bits per heavy atom. The van der Waals surface area contributed by atoms with E-state index in [2.05, 4.69) is 20.9 Å². The average Bonchev–Trinajstić information content (AvgIpc) is 2.79. The van der Waals surface area contributed by atoms with Crippen LogP contribution in [-0.4, -0.2) is 44.1 Å². The Morgan fingerprint density at radius 3 is 2.63 bits per heavy atom. The van der Waals surface area contributed by atoms with Crippen LogP contribution in [0, 0.1) is 0 Å². The highest BCUT2D eigenvalue weighted by atomic mass is 79.9. The van der Waals surface area contributed by atoms with Crippen LogP contribution in [0.1, 0.15) is 18.1 Å². The number of carbonyl (C=O) groups excluding carboxylic acids is 2. The third-order valence-corrected chi connectivity index (χ3v) is 4.61. The molecule has 0 fully saturated rings. The number of hydrogen-bond acceptors (Lipinski definition) is 5. The third-order valence-electron chi connectivity index (χ3n) is 4.11. The van der Waals surface area contributed by atoms with E-state index in [4.69, 9.17) is 9.47 Å². The van der Waals surface area contributed by atoms with Gasteiger partial charge in [0.2, 0.25) is 6.23 Å². The van der Waals surface area contributed by atoms with Crippen molar-refractivity contribution < 1.29 is 19.1 Å². The fourth-order valence-electron chi connectivity index (χ4n) is 2.88. The Balaban J connectivity index is 2.21. The first-order valence-corrected chi connectivity index (χ1v) is 9.27. The topological polar surface area (TPSA) is 68.2 Å². The van der Waals surface area contributed by atoms with Crippen molar-refractivity contribution in [2.75, 3.05) is 25.2 Å². The van der Waals surface area contributed by atoms with Gasteiger partial charge in [0.15, 0.2) is 0 Å². The van der Waals surface area contributed by atoms with Gasteiger partial charge in [0.05, 0.1) is 18.5 Å². The van der Waals surface area contributed by atoms with Crippen molar-refractivity contribution in [2.24, 2.45) is 4.99 Å². The summed E-state index contributed by atoms with van der Waals surface area (Å²) in [6, 6.07) is 15.1. The van der Waals surface area contributed by atoms with Crippen LogP contribution in [-0.2, 0) is 19.1 Å². The zero-order chi connectivity index (χ0) is 19.4. The summed E-state index contributed by atoms with van der Waals surface area (Å²) in [5.41, 5.74) is 2.80. The number of hydrogen-bond donors (Lipinski definition) is 0. The summed E-state index contributed by atoms with van der Waals surface area (Å²) in [5.74, 6) is -0.924. The minimum atomic E-state index is -1.04. The van der Waals surface area contributed by atoms with Gasteiger partial charge in [0.25, 0.3) is 5.91 Å². The molecule has 0 saturated carbocycles. The standard InChI is InChI=1S/C20H19BrN2O4/c1-3-27-19-20(25)23(12-17(24)26-2)16-10-9-14(21)11-15(16)18(22-19)13-7-5-4-6-8-13/h4-11,19H,3,12H2,1-2H3. The number of benzene rings is 2. The van der Waals surface area contributed by atoms with Crippen molar-refractivity contribution >= 4 is 39.2 Å². The maximum atomic E-state index is 13.1. The van der Waals surface area contributed by atoms with Crippen molar-refractivity contribution in [1.82, 2.24) is 0 Å². The van der Waals surface area contributed by atoms with Crippen LogP contribution in [0.4, 0.5) is 5.69 Å². The molecule has 0 aromatic heterocycles. The number of halogens is 1. The van der Waals surface area contributed by atoms with E-state index in [0.29, 0.717) is 18.0 Å². The smallest absolute Gasteiger partial charge is 0.325 e. The first kappa shape index (κ1) is 19.3. The number of amides is 1. The zero-order valence-electron chi connectivity index (χ0n) is 15.0. The molecule has 6 nitrogen and oxygen atoms in total. The quantitative estimate of drug-likeness (QED) is 0.683. The summed E-state index contributed by atoms with van der Waals surface area (Å²) in [6.07, 6.45) is -1.04.